The van der Waals surface area contributed by atoms with Gasteiger partial charge in [0.05, 0.1) is 5.69 Å². The molecule has 0 atom stereocenters. The van der Waals surface area contributed by atoms with Gasteiger partial charge in [-0.2, -0.15) is 0 Å². The highest BCUT2D eigenvalue weighted by atomic mass is 19.1. The normalized spacial score (nSPS) is 18.3. The third-order valence-corrected chi connectivity index (χ3v) is 5.11. The number of piperidine rings is 1. The first-order chi connectivity index (χ1) is 9.64. The molecule has 0 amide bonds. The number of hydrogen-bond donors (Lipinski definition) is 1. The van der Waals surface area contributed by atoms with Crippen molar-refractivity contribution in [3.05, 3.63) is 29.6 Å². The van der Waals surface area contributed by atoms with Crippen LogP contribution in [0.1, 0.15) is 45.1 Å². The van der Waals surface area contributed by atoms with E-state index >= 15 is 0 Å². The van der Waals surface area contributed by atoms with Gasteiger partial charge >= 0.3 is 0 Å². The standard InChI is InChI=1S/C17H27FN2/c1-3-17(4-2)8-11-20(12-9-17)16-6-5-14(7-10-19)13-15(16)18/h5-6,13H,3-4,7-12,19H2,1-2H3. The van der Waals surface area contributed by atoms with Crippen LogP contribution in [0.3, 0.4) is 0 Å². The Morgan fingerprint density at radius 1 is 1.20 bits per heavy atom. The summed E-state index contributed by atoms with van der Waals surface area (Å²) in [6.07, 6.45) is 5.55. The Labute approximate surface area is 122 Å². The maximum atomic E-state index is 14.2. The minimum atomic E-state index is -0.101. The third kappa shape index (κ3) is 3.14. The van der Waals surface area contributed by atoms with Crippen LogP contribution in [0.15, 0.2) is 18.2 Å². The van der Waals surface area contributed by atoms with E-state index in [4.69, 9.17) is 5.73 Å². The molecule has 0 aliphatic carbocycles. The van der Waals surface area contributed by atoms with Crippen LogP contribution in [0.4, 0.5) is 10.1 Å². The molecule has 3 heteroatoms. The van der Waals surface area contributed by atoms with Gasteiger partial charge in [0, 0.05) is 13.1 Å². The van der Waals surface area contributed by atoms with Crippen molar-refractivity contribution in [2.24, 2.45) is 11.1 Å². The lowest BCUT2D eigenvalue weighted by atomic mass is 9.74. The van der Waals surface area contributed by atoms with Crippen molar-refractivity contribution in [3.8, 4) is 0 Å². The van der Waals surface area contributed by atoms with E-state index < -0.39 is 0 Å². The molecule has 0 saturated carbocycles. The van der Waals surface area contributed by atoms with Gasteiger partial charge in [0.15, 0.2) is 0 Å². The maximum absolute atomic E-state index is 14.2. The summed E-state index contributed by atoms with van der Waals surface area (Å²) < 4.78 is 14.2. The number of nitrogens with two attached hydrogens (primary N) is 1. The molecule has 1 aromatic carbocycles. The molecular weight excluding hydrogens is 251 g/mol. The van der Waals surface area contributed by atoms with E-state index in [-0.39, 0.29) is 5.82 Å². The highest BCUT2D eigenvalue weighted by Gasteiger charge is 2.31. The minimum absolute atomic E-state index is 0.101. The van der Waals surface area contributed by atoms with Gasteiger partial charge in [-0.3, -0.25) is 0 Å². The number of hydrogen-bond acceptors (Lipinski definition) is 2. The van der Waals surface area contributed by atoms with E-state index in [9.17, 15) is 4.39 Å². The Morgan fingerprint density at radius 3 is 2.35 bits per heavy atom. The van der Waals surface area contributed by atoms with Crippen LogP contribution in [-0.4, -0.2) is 19.6 Å². The van der Waals surface area contributed by atoms with Crippen LogP contribution in [0.2, 0.25) is 0 Å². The average Bonchev–Trinajstić information content (AvgIpc) is 2.48. The molecule has 0 radical (unpaired) electrons. The number of rotatable bonds is 5. The third-order valence-electron chi connectivity index (χ3n) is 5.11. The number of halogens is 1. The maximum Gasteiger partial charge on any atom is 0.146 e. The fraction of sp³-hybridized carbons (Fsp3) is 0.647. The molecule has 1 aromatic rings. The van der Waals surface area contributed by atoms with Crippen molar-refractivity contribution in [2.45, 2.75) is 46.0 Å². The summed E-state index contributed by atoms with van der Waals surface area (Å²) in [6.45, 7) is 7.06. The summed E-state index contributed by atoms with van der Waals surface area (Å²) in [4.78, 5) is 2.20. The summed E-state index contributed by atoms with van der Waals surface area (Å²) >= 11 is 0. The molecule has 2 nitrogen and oxygen atoms in total. The van der Waals surface area contributed by atoms with E-state index in [1.165, 1.54) is 25.7 Å². The molecule has 2 N–H and O–H groups in total. The second-order valence-corrected chi connectivity index (χ2v) is 6.02. The van der Waals surface area contributed by atoms with Gasteiger partial charge < -0.3 is 10.6 Å². The number of anilines is 1. The highest BCUT2D eigenvalue weighted by Crippen LogP contribution is 2.39. The molecular formula is C17H27FN2. The first-order valence-electron chi connectivity index (χ1n) is 7.87. The summed E-state index contributed by atoms with van der Waals surface area (Å²) in [6, 6.07) is 5.57. The molecule has 1 fully saturated rings. The zero-order valence-electron chi connectivity index (χ0n) is 12.8. The topological polar surface area (TPSA) is 29.3 Å². The molecule has 1 aliphatic heterocycles. The molecule has 2 rings (SSSR count). The van der Waals surface area contributed by atoms with Gasteiger partial charge in [-0.15, -0.1) is 0 Å². The van der Waals surface area contributed by atoms with Crippen molar-refractivity contribution in [2.75, 3.05) is 24.5 Å². The van der Waals surface area contributed by atoms with E-state index in [1.54, 1.807) is 6.07 Å². The lowest BCUT2D eigenvalue weighted by Crippen LogP contribution is -2.40. The summed E-state index contributed by atoms with van der Waals surface area (Å²) in [5, 5.41) is 0. The second kappa shape index (κ2) is 6.57. The van der Waals surface area contributed by atoms with Crippen molar-refractivity contribution < 1.29 is 4.39 Å². The van der Waals surface area contributed by atoms with Crippen molar-refractivity contribution >= 4 is 5.69 Å². The largest absolute Gasteiger partial charge is 0.369 e. The Balaban J connectivity index is 2.07. The lowest BCUT2D eigenvalue weighted by molar-refractivity contribution is 0.199. The molecule has 112 valence electrons. The van der Waals surface area contributed by atoms with Gasteiger partial charge in [-0.25, -0.2) is 4.39 Å². The van der Waals surface area contributed by atoms with Gasteiger partial charge in [-0.1, -0.05) is 32.8 Å². The SMILES string of the molecule is CCC1(CC)CCN(c2ccc(CCN)cc2F)CC1. The Hall–Kier alpha value is -1.09. The molecule has 1 saturated heterocycles. The molecule has 0 bridgehead atoms. The van der Waals surface area contributed by atoms with Gasteiger partial charge in [-0.05, 0) is 48.9 Å². The fourth-order valence-corrected chi connectivity index (χ4v) is 3.31. The minimum Gasteiger partial charge on any atom is -0.369 e. The van der Waals surface area contributed by atoms with Crippen LogP contribution in [0.5, 0.6) is 0 Å². The van der Waals surface area contributed by atoms with Crippen LogP contribution < -0.4 is 10.6 Å². The number of nitrogens with zero attached hydrogens (tertiary/aromatic N) is 1. The summed E-state index contributed by atoms with van der Waals surface area (Å²) in [5.74, 6) is -0.101. The lowest BCUT2D eigenvalue weighted by Gasteiger charge is -2.42. The molecule has 1 heterocycles. The monoisotopic (exact) mass is 278 g/mol. The summed E-state index contributed by atoms with van der Waals surface area (Å²) in [7, 11) is 0. The predicted molar refractivity (Wildman–Crippen MR) is 83.6 cm³/mol. The molecule has 20 heavy (non-hydrogen) atoms. The van der Waals surface area contributed by atoms with Crippen LogP contribution >= 0.6 is 0 Å². The van der Waals surface area contributed by atoms with Gasteiger partial charge in [0.1, 0.15) is 5.82 Å². The van der Waals surface area contributed by atoms with Crippen LogP contribution in [0.25, 0.3) is 0 Å². The molecule has 1 aliphatic rings. The van der Waals surface area contributed by atoms with Crippen molar-refractivity contribution in [3.63, 3.8) is 0 Å². The zero-order valence-corrected chi connectivity index (χ0v) is 12.8. The van der Waals surface area contributed by atoms with E-state index in [0.717, 1.165) is 30.8 Å². The quantitative estimate of drug-likeness (QED) is 0.889. The van der Waals surface area contributed by atoms with E-state index in [0.29, 0.717) is 12.0 Å². The van der Waals surface area contributed by atoms with Crippen LogP contribution in [-0.2, 0) is 6.42 Å². The Bertz CT molecular complexity index is 431. The molecule has 0 unspecified atom stereocenters. The van der Waals surface area contributed by atoms with Gasteiger partial charge in [0.2, 0.25) is 0 Å². The highest BCUT2D eigenvalue weighted by molar-refractivity contribution is 5.49. The summed E-state index contributed by atoms with van der Waals surface area (Å²) in [5.41, 5.74) is 7.74. The first-order valence-corrected chi connectivity index (χ1v) is 7.87. The predicted octanol–water partition coefficient (Wildman–Crippen LogP) is 3.73. The number of benzene rings is 1. The smallest absolute Gasteiger partial charge is 0.146 e. The van der Waals surface area contributed by atoms with Crippen LogP contribution in [0, 0.1) is 11.2 Å². The van der Waals surface area contributed by atoms with Crippen molar-refractivity contribution in [1.82, 2.24) is 0 Å². The second-order valence-electron chi connectivity index (χ2n) is 6.02. The molecule has 0 spiro atoms. The fourth-order valence-electron chi connectivity index (χ4n) is 3.31. The average molecular weight is 278 g/mol. The first kappa shape index (κ1) is 15.3. The molecule has 0 aromatic heterocycles. The van der Waals surface area contributed by atoms with Crippen molar-refractivity contribution in [1.29, 1.82) is 0 Å². The zero-order chi connectivity index (χ0) is 14.6. The Morgan fingerprint density at radius 2 is 1.85 bits per heavy atom. The van der Waals surface area contributed by atoms with Gasteiger partial charge in [0.25, 0.3) is 0 Å². The van der Waals surface area contributed by atoms with E-state index in [1.807, 2.05) is 12.1 Å². The van der Waals surface area contributed by atoms with E-state index in [2.05, 4.69) is 18.7 Å². The Kier molecular flexibility index (Phi) is 5.03.